The average Bonchev–Trinajstić information content (AvgIpc) is 2.44. The second kappa shape index (κ2) is 3.27. The van der Waals surface area contributed by atoms with Crippen LogP contribution in [0.4, 0.5) is 4.39 Å². The maximum absolute atomic E-state index is 13.5. The van der Waals surface area contributed by atoms with E-state index in [1.54, 1.807) is 0 Å². The highest BCUT2D eigenvalue weighted by atomic mass is 32.2. The third-order valence-corrected chi connectivity index (χ3v) is 4.68. The van der Waals surface area contributed by atoms with Gasteiger partial charge in [0, 0.05) is 16.9 Å². The van der Waals surface area contributed by atoms with Gasteiger partial charge in [0.1, 0.15) is 0 Å². The van der Waals surface area contributed by atoms with Gasteiger partial charge in [-0.3, -0.25) is 0 Å². The van der Waals surface area contributed by atoms with Crippen LogP contribution in [-0.2, 0) is 27.8 Å². The molecule has 2 N–H and O–H groups in total. The summed E-state index contributed by atoms with van der Waals surface area (Å²) < 4.78 is 40.1. The lowest BCUT2D eigenvalue weighted by Gasteiger charge is -2.10. The van der Waals surface area contributed by atoms with Gasteiger partial charge in [0.2, 0.25) is 0 Å². The van der Waals surface area contributed by atoms with Gasteiger partial charge < -0.3 is 4.74 Å². The first-order valence-electron chi connectivity index (χ1n) is 3.90. The van der Waals surface area contributed by atoms with Crippen molar-refractivity contribution in [3.8, 4) is 0 Å². The number of hydrogen-bond acceptors (Lipinski definition) is 4. The standard InChI is InChI=1S/C7H8FNO3S2/c8-6-4-3-12-2-1-5(4)13-7(6)14(9,10)11/h1-3H2,(H2,9,10,11). The molecule has 0 saturated heterocycles. The summed E-state index contributed by atoms with van der Waals surface area (Å²) in [5, 5.41) is 4.87. The largest absolute Gasteiger partial charge is 0.376 e. The summed E-state index contributed by atoms with van der Waals surface area (Å²) in [4.78, 5) is 0.720. The molecule has 14 heavy (non-hydrogen) atoms. The normalized spacial score (nSPS) is 16.7. The first-order valence-corrected chi connectivity index (χ1v) is 6.27. The van der Waals surface area contributed by atoms with E-state index in [0.29, 0.717) is 18.6 Å². The molecule has 2 heterocycles. The smallest absolute Gasteiger partial charge is 0.250 e. The van der Waals surface area contributed by atoms with Gasteiger partial charge in [0.15, 0.2) is 10.0 Å². The van der Waals surface area contributed by atoms with Crippen molar-refractivity contribution in [3.05, 3.63) is 16.3 Å². The molecule has 1 aliphatic rings. The minimum Gasteiger partial charge on any atom is -0.376 e. The van der Waals surface area contributed by atoms with Crippen LogP contribution in [0.1, 0.15) is 10.4 Å². The maximum Gasteiger partial charge on any atom is 0.250 e. The number of rotatable bonds is 1. The number of sulfonamides is 1. The second-order valence-electron chi connectivity index (χ2n) is 2.95. The SMILES string of the molecule is NS(=O)(=O)c1sc2c(c1F)COCC2. The Bertz CT molecular complexity index is 466. The van der Waals surface area contributed by atoms with E-state index in [2.05, 4.69) is 0 Å². The van der Waals surface area contributed by atoms with Crippen molar-refractivity contribution in [1.82, 2.24) is 0 Å². The Labute approximate surface area is 84.5 Å². The molecule has 78 valence electrons. The number of thiophene rings is 1. The highest BCUT2D eigenvalue weighted by Gasteiger charge is 2.26. The van der Waals surface area contributed by atoms with Crippen LogP contribution in [0.3, 0.4) is 0 Å². The maximum atomic E-state index is 13.5. The molecule has 0 saturated carbocycles. The van der Waals surface area contributed by atoms with Crippen LogP contribution in [0.15, 0.2) is 4.21 Å². The van der Waals surface area contributed by atoms with E-state index >= 15 is 0 Å². The molecular formula is C7H8FNO3S2. The zero-order valence-corrected chi connectivity index (χ0v) is 8.75. The van der Waals surface area contributed by atoms with Gasteiger partial charge in [-0.1, -0.05) is 0 Å². The van der Waals surface area contributed by atoms with Crippen LogP contribution in [-0.4, -0.2) is 15.0 Å². The summed E-state index contributed by atoms with van der Waals surface area (Å²) in [6, 6.07) is 0. The second-order valence-corrected chi connectivity index (χ2v) is 5.81. The molecule has 1 aromatic rings. The predicted octanol–water partition coefficient (Wildman–Crippen LogP) is 0.607. The monoisotopic (exact) mass is 237 g/mol. The van der Waals surface area contributed by atoms with E-state index in [4.69, 9.17) is 9.88 Å². The fourth-order valence-electron chi connectivity index (χ4n) is 1.33. The van der Waals surface area contributed by atoms with Crippen molar-refractivity contribution >= 4 is 21.4 Å². The molecule has 0 amide bonds. The van der Waals surface area contributed by atoms with Gasteiger partial charge in [-0.05, 0) is 0 Å². The number of nitrogens with two attached hydrogens (primary N) is 1. The Hall–Kier alpha value is -0.500. The molecule has 0 spiro atoms. The van der Waals surface area contributed by atoms with Crippen LogP contribution in [0.25, 0.3) is 0 Å². The van der Waals surface area contributed by atoms with E-state index in [1.807, 2.05) is 0 Å². The van der Waals surface area contributed by atoms with Crippen LogP contribution < -0.4 is 5.14 Å². The highest BCUT2D eigenvalue weighted by Crippen LogP contribution is 2.33. The summed E-state index contributed by atoms with van der Waals surface area (Å²) in [6.07, 6.45) is 0.548. The van der Waals surface area contributed by atoms with Crippen molar-refractivity contribution in [3.63, 3.8) is 0 Å². The van der Waals surface area contributed by atoms with Crippen molar-refractivity contribution < 1.29 is 17.5 Å². The fraction of sp³-hybridized carbons (Fsp3) is 0.429. The van der Waals surface area contributed by atoms with E-state index in [1.165, 1.54) is 0 Å². The molecule has 0 bridgehead atoms. The van der Waals surface area contributed by atoms with Crippen LogP contribution in [0.5, 0.6) is 0 Å². The molecule has 1 aliphatic heterocycles. The summed E-state index contributed by atoms with van der Waals surface area (Å²) in [6.45, 7) is 0.629. The van der Waals surface area contributed by atoms with Gasteiger partial charge in [-0.15, -0.1) is 11.3 Å². The minimum atomic E-state index is -3.94. The van der Waals surface area contributed by atoms with Crippen molar-refractivity contribution in [2.75, 3.05) is 6.61 Å². The van der Waals surface area contributed by atoms with Crippen molar-refractivity contribution in [1.29, 1.82) is 0 Å². The molecule has 0 unspecified atom stereocenters. The highest BCUT2D eigenvalue weighted by molar-refractivity contribution is 7.91. The third kappa shape index (κ3) is 1.56. The topological polar surface area (TPSA) is 69.4 Å². The Kier molecular flexibility index (Phi) is 2.34. The zero-order valence-electron chi connectivity index (χ0n) is 7.12. The van der Waals surface area contributed by atoms with Gasteiger partial charge in [-0.25, -0.2) is 17.9 Å². The quantitative estimate of drug-likeness (QED) is 0.778. The summed E-state index contributed by atoms with van der Waals surface area (Å²) in [7, 11) is -3.94. The molecule has 0 atom stereocenters. The number of ether oxygens (including phenoxy) is 1. The van der Waals surface area contributed by atoms with Crippen LogP contribution in [0.2, 0.25) is 0 Å². The van der Waals surface area contributed by atoms with E-state index < -0.39 is 15.8 Å². The number of primary sulfonamides is 1. The Morgan fingerprint density at radius 1 is 1.50 bits per heavy atom. The van der Waals surface area contributed by atoms with E-state index in [9.17, 15) is 12.8 Å². The number of halogens is 1. The van der Waals surface area contributed by atoms with Crippen molar-refractivity contribution in [2.24, 2.45) is 5.14 Å². The number of fused-ring (bicyclic) bond motifs is 1. The first kappa shape index (κ1) is 10.0. The molecule has 0 radical (unpaired) electrons. The zero-order chi connectivity index (χ0) is 10.3. The van der Waals surface area contributed by atoms with Gasteiger partial charge in [-0.2, -0.15) is 0 Å². The van der Waals surface area contributed by atoms with Crippen molar-refractivity contribution in [2.45, 2.75) is 17.2 Å². The van der Waals surface area contributed by atoms with Gasteiger partial charge in [0.25, 0.3) is 10.0 Å². The molecule has 2 rings (SSSR count). The first-order chi connectivity index (χ1) is 6.50. The van der Waals surface area contributed by atoms with Gasteiger partial charge in [0.05, 0.1) is 13.2 Å². The molecule has 0 aromatic carbocycles. The predicted molar refractivity (Wildman–Crippen MR) is 49.0 cm³/mol. The minimum absolute atomic E-state index is 0.132. The molecule has 4 nitrogen and oxygen atoms in total. The number of hydrogen-bond donors (Lipinski definition) is 1. The Balaban J connectivity index is 2.60. The summed E-state index contributed by atoms with van der Waals surface area (Å²) >= 11 is 0.901. The lowest BCUT2D eigenvalue weighted by molar-refractivity contribution is 0.109. The summed E-state index contributed by atoms with van der Waals surface area (Å²) in [5.74, 6) is -0.743. The van der Waals surface area contributed by atoms with E-state index in [-0.39, 0.29) is 10.8 Å². The molecular weight excluding hydrogens is 229 g/mol. The lowest BCUT2D eigenvalue weighted by Crippen LogP contribution is -2.12. The molecule has 7 heteroatoms. The average molecular weight is 237 g/mol. The Morgan fingerprint density at radius 2 is 2.21 bits per heavy atom. The molecule has 0 fully saturated rings. The molecule has 1 aromatic heterocycles. The van der Waals surface area contributed by atoms with Crippen LogP contribution in [0, 0.1) is 5.82 Å². The van der Waals surface area contributed by atoms with Gasteiger partial charge >= 0.3 is 0 Å². The summed E-state index contributed by atoms with van der Waals surface area (Å²) in [5.41, 5.74) is 0.338. The molecule has 0 aliphatic carbocycles. The van der Waals surface area contributed by atoms with Crippen LogP contribution >= 0.6 is 11.3 Å². The fourth-order valence-corrected chi connectivity index (χ4v) is 3.36. The van der Waals surface area contributed by atoms with E-state index in [0.717, 1.165) is 16.2 Å². The Morgan fingerprint density at radius 3 is 2.79 bits per heavy atom. The third-order valence-electron chi connectivity index (χ3n) is 1.97. The lowest BCUT2D eigenvalue weighted by atomic mass is 10.2.